The van der Waals surface area contributed by atoms with Gasteiger partial charge in [-0.25, -0.2) is 0 Å². The van der Waals surface area contributed by atoms with Crippen molar-refractivity contribution < 1.29 is 13.2 Å². The maximum absolute atomic E-state index is 12.5. The van der Waals surface area contributed by atoms with Crippen molar-refractivity contribution >= 4 is 0 Å². The number of nitrogens with one attached hydrogen (secondary N) is 1. The molecule has 0 bridgehead atoms. The van der Waals surface area contributed by atoms with E-state index in [-0.39, 0.29) is 17.5 Å². The zero-order valence-electron chi connectivity index (χ0n) is 11.7. The van der Waals surface area contributed by atoms with Gasteiger partial charge in [0.05, 0.1) is 6.54 Å². The van der Waals surface area contributed by atoms with Gasteiger partial charge >= 0.3 is 6.18 Å². The van der Waals surface area contributed by atoms with Crippen molar-refractivity contribution in [2.75, 3.05) is 20.1 Å². The maximum Gasteiger partial charge on any atom is 0.401 e. The zero-order valence-corrected chi connectivity index (χ0v) is 11.7. The van der Waals surface area contributed by atoms with Crippen molar-refractivity contribution in [1.29, 1.82) is 0 Å². The van der Waals surface area contributed by atoms with Gasteiger partial charge in [-0.05, 0) is 26.3 Å². The van der Waals surface area contributed by atoms with Gasteiger partial charge < -0.3 is 5.32 Å². The number of hydrogen-bond acceptors (Lipinski definition) is 2. The van der Waals surface area contributed by atoms with Crippen LogP contribution in [0.1, 0.15) is 34.6 Å². The number of rotatable bonds is 5. The molecule has 1 atom stereocenters. The lowest BCUT2D eigenvalue weighted by Crippen LogP contribution is -2.51. The minimum atomic E-state index is -4.14. The molecule has 0 fully saturated rings. The first-order chi connectivity index (χ1) is 7.47. The third-order valence-electron chi connectivity index (χ3n) is 2.92. The summed E-state index contributed by atoms with van der Waals surface area (Å²) < 4.78 is 37.4. The molecule has 0 saturated carbocycles. The van der Waals surface area contributed by atoms with Crippen LogP contribution in [0.15, 0.2) is 0 Å². The first-order valence-corrected chi connectivity index (χ1v) is 5.95. The molecule has 0 heterocycles. The molecule has 2 nitrogen and oxygen atoms in total. The highest BCUT2D eigenvalue weighted by Gasteiger charge is 2.34. The van der Waals surface area contributed by atoms with Crippen molar-refractivity contribution in [3.63, 3.8) is 0 Å². The molecule has 0 aliphatic carbocycles. The first-order valence-electron chi connectivity index (χ1n) is 5.95. The molecule has 1 N–H and O–H groups in total. The van der Waals surface area contributed by atoms with E-state index in [9.17, 15) is 13.2 Å². The molecule has 1 unspecified atom stereocenters. The smallest absolute Gasteiger partial charge is 0.315 e. The van der Waals surface area contributed by atoms with E-state index in [1.54, 1.807) is 20.9 Å². The Morgan fingerprint density at radius 3 is 1.82 bits per heavy atom. The van der Waals surface area contributed by atoms with Crippen LogP contribution in [0.2, 0.25) is 0 Å². The summed E-state index contributed by atoms with van der Waals surface area (Å²) >= 11 is 0. The molecule has 0 aromatic carbocycles. The van der Waals surface area contributed by atoms with Gasteiger partial charge in [-0.1, -0.05) is 20.8 Å². The van der Waals surface area contributed by atoms with Crippen molar-refractivity contribution in [3.05, 3.63) is 0 Å². The van der Waals surface area contributed by atoms with Crippen molar-refractivity contribution in [1.82, 2.24) is 10.2 Å². The summed E-state index contributed by atoms with van der Waals surface area (Å²) in [7, 11) is 1.79. The Kier molecular flexibility index (Phi) is 5.94. The van der Waals surface area contributed by atoms with E-state index < -0.39 is 12.7 Å². The molecule has 0 radical (unpaired) electrons. The minimum absolute atomic E-state index is 0.0345. The van der Waals surface area contributed by atoms with Gasteiger partial charge in [0.15, 0.2) is 0 Å². The molecule has 17 heavy (non-hydrogen) atoms. The fourth-order valence-corrected chi connectivity index (χ4v) is 1.72. The van der Waals surface area contributed by atoms with E-state index in [0.29, 0.717) is 6.54 Å². The SMILES string of the molecule is CNC(CN(CC(F)(F)F)C(C)C)C(C)(C)C. The first kappa shape index (κ1) is 16.7. The molecule has 0 aliphatic heterocycles. The average molecular weight is 254 g/mol. The topological polar surface area (TPSA) is 15.3 Å². The molecule has 0 aromatic heterocycles. The normalized spacial score (nSPS) is 15.7. The van der Waals surface area contributed by atoms with Gasteiger partial charge in [-0.15, -0.1) is 0 Å². The van der Waals surface area contributed by atoms with E-state index in [2.05, 4.69) is 5.32 Å². The Hall–Kier alpha value is -0.290. The van der Waals surface area contributed by atoms with E-state index in [4.69, 9.17) is 0 Å². The van der Waals surface area contributed by atoms with Crippen molar-refractivity contribution in [2.24, 2.45) is 5.41 Å². The predicted molar refractivity (Wildman–Crippen MR) is 65.1 cm³/mol. The Bertz CT molecular complexity index is 219. The lowest BCUT2D eigenvalue weighted by atomic mass is 9.86. The molecular weight excluding hydrogens is 229 g/mol. The molecule has 0 aliphatic rings. The molecular formula is C12H25F3N2. The number of likely N-dealkylation sites (N-methyl/N-ethyl adjacent to an activating group) is 1. The summed E-state index contributed by atoms with van der Waals surface area (Å²) in [6.07, 6.45) is -4.14. The summed E-state index contributed by atoms with van der Waals surface area (Å²) in [5.74, 6) is 0. The quantitative estimate of drug-likeness (QED) is 0.811. The second-order valence-corrected chi connectivity index (χ2v) is 5.85. The number of nitrogens with zero attached hydrogens (tertiary/aromatic N) is 1. The zero-order chi connectivity index (χ0) is 13.9. The molecule has 0 rings (SSSR count). The van der Waals surface area contributed by atoms with Crippen molar-refractivity contribution in [3.8, 4) is 0 Å². The molecule has 0 saturated heterocycles. The minimum Gasteiger partial charge on any atom is -0.315 e. The van der Waals surface area contributed by atoms with E-state index >= 15 is 0 Å². The number of hydrogen-bond donors (Lipinski definition) is 1. The lowest BCUT2D eigenvalue weighted by molar-refractivity contribution is -0.151. The third-order valence-corrected chi connectivity index (χ3v) is 2.92. The van der Waals surface area contributed by atoms with Crippen LogP contribution in [0.25, 0.3) is 0 Å². The Balaban J connectivity index is 4.64. The summed E-state index contributed by atoms with van der Waals surface area (Å²) in [4.78, 5) is 1.46. The Morgan fingerprint density at radius 2 is 1.59 bits per heavy atom. The summed E-state index contributed by atoms with van der Waals surface area (Å²) in [5.41, 5.74) is -0.0620. The van der Waals surface area contributed by atoms with Crippen LogP contribution in [0.4, 0.5) is 13.2 Å². The molecule has 104 valence electrons. The molecule has 0 aromatic rings. The fraction of sp³-hybridized carbons (Fsp3) is 1.00. The van der Waals surface area contributed by atoms with Crippen LogP contribution < -0.4 is 5.32 Å². The van der Waals surface area contributed by atoms with Gasteiger partial charge in [0.2, 0.25) is 0 Å². The molecule has 5 heteroatoms. The van der Waals surface area contributed by atoms with Crippen LogP contribution in [0.5, 0.6) is 0 Å². The van der Waals surface area contributed by atoms with Crippen molar-refractivity contribution in [2.45, 2.75) is 52.9 Å². The van der Waals surface area contributed by atoms with Gasteiger partial charge in [0.25, 0.3) is 0 Å². The highest BCUT2D eigenvalue weighted by atomic mass is 19.4. The fourth-order valence-electron chi connectivity index (χ4n) is 1.72. The van der Waals surface area contributed by atoms with Crippen LogP contribution in [0.3, 0.4) is 0 Å². The van der Waals surface area contributed by atoms with Gasteiger partial charge in [-0.3, -0.25) is 4.90 Å². The predicted octanol–water partition coefficient (Wildman–Crippen LogP) is 2.89. The summed E-state index contributed by atoms with van der Waals surface area (Å²) in [6.45, 7) is 9.22. The highest BCUT2D eigenvalue weighted by molar-refractivity contribution is 4.84. The second-order valence-electron chi connectivity index (χ2n) is 5.85. The van der Waals surface area contributed by atoms with E-state index in [1.807, 2.05) is 20.8 Å². The summed E-state index contributed by atoms with van der Waals surface area (Å²) in [6, 6.07) is -0.0814. The number of alkyl halides is 3. The van der Waals surface area contributed by atoms with E-state index in [0.717, 1.165) is 0 Å². The largest absolute Gasteiger partial charge is 0.401 e. The highest BCUT2D eigenvalue weighted by Crippen LogP contribution is 2.23. The van der Waals surface area contributed by atoms with Gasteiger partial charge in [0.1, 0.15) is 0 Å². The van der Waals surface area contributed by atoms with Crippen LogP contribution in [-0.4, -0.2) is 43.3 Å². The summed E-state index contributed by atoms with van der Waals surface area (Å²) in [5, 5.41) is 3.10. The standard InChI is InChI=1S/C12H25F3N2/c1-9(2)17(8-12(13,14)15)7-10(16-6)11(3,4)5/h9-10,16H,7-8H2,1-6H3. The number of halogens is 3. The second kappa shape index (κ2) is 6.05. The van der Waals surface area contributed by atoms with Crippen LogP contribution in [-0.2, 0) is 0 Å². The van der Waals surface area contributed by atoms with Crippen LogP contribution >= 0.6 is 0 Å². The van der Waals surface area contributed by atoms with Crippen LogP contribution in [0, 0.1) is 5.41 Å². The Labute approximate surface area is 103 Å². The van der Waals surface area contributed by atoms with E-state index in [1.165, 1.54) is 4.90 Å². The monoisotopic (exact) mass is 254 g/mol. The van der Waals surface area contributed by atoms with Gasteiger partial charge in [0, 0.05) is 18.6 Å². The molecule has 0 amide bonds. The van der Waals surface area contributed by atoms with Gasteiger partial charge in [-0.2, -0.15) is 13.2 Å². The third kappa shape index (κ3) is 6.88. The maximum atomic E-state index is 12.5. The lowest BCUT2D eigenvalue weighted by Gasteiger charge is -2.37. The average Bonchev–Trinajstić information content (AvgIpc) is 2.07. The molecule has 0 spiro atoms. The Morgan fingerprint density at radius 1 is 1.12 bits per heavy atom.